The fourth-order valence-corrected chi connectivity index (χ4v) is 4.85. The first-order chi connectivity index (χ1) is 16.9. The summed E-state index contributed by atoms with van der Waals surface area (Å²) in [5.74, 6) is 2.50. The van der Waals surface area contributed by atoms with Gasteiger partial charge in [0.25, 0.3) is 5.56 Å². The van der Waals surface area contributed by atoms with Crippen molar-refractivity contribution in [1.29, 1.82) is 0 Å². The average molecular weight is 474 g/mol. The number of aromatic nitrogens is 4. The molecule has 1 fully saturated rings. The van der Waals surface area contributed by atoms with Crippen LogP contribution in [0.3, 0.4) is 0 Å². The highest BCUT2D eigenvalue weighted by Gasteiger charge is 2.23. The third kappa shape index (κ3) is 4.71. The lowest BCUT2D eigenvalue weighted by Gasteiger charge is -2.35. The zero-order chi connectivity index (χ0) is 24.5. The maximum atomic E-state index is 13.5. The van der Waals surface area contributed by atoms with Gasteiger partial charge in [0.05, 0.1) is 12.6 Å². The van der Waals surface area contributed by atoms with Gasteiger partial charge in [-0.3, -0.25) is 9.36 Å². The number of likely N-dealkylation sites (tertiary alicyclic amines) is 1. The molecule has 1 aliphatic rings. The molecule has 1 saturated heterocycles. The summed E-state index contributed by atoms with van der Waals surface area (Å²) < 4.78 is 13.1. The van der Waals surface area contributed by atoms with Crippen LogP contribution in [0.4, 0.5) is 0 Å². The Bertz CT molecular complexity index is 1430. The highest BCUT2D eigenvalue weighted by Crippen LogP contribution is 2.30. The van der Waals surface area contributed by atoms with Crippen molar-refractivity contribution in [3.8, 4) is 17.5 Å². The van der Waals surface area contributed by atoms with Crippen LogP contribution in [0.25, 0.3) is 21.9 Å². The number of fused-ring (bicyclic) bond motifs is 2. The van der Waals surface area contributed by atoms with Crippen LogP contribution in [0, 0.1) is 12.8 Å². The Morgan fingerprint density at radius 3 is 2.63 bits per heavy atom. The zero-order valence-corrected chi connectivity index (χ0v) is 20.7. The molecule has 1 aliphatic heterocycles. The lowest BCUT2D eigenvalue weighted by molar-refractivity contribution is 0.129. The van der Waals surface area contributed by atoms with Crippen LogP contribution < -0.4 is 15.0 Å². The van der Waals surface area contributed by atoms with E-state index in [0.717, 1.165) is 31.3 Å². The largest absolute Gasteiger partial charge is 0.481 e. The Labute approximate surface area is 204 Å². The molecule has 0 bridgehead atoms. The van der Waals surface area contributed by atoms with Crippen molar-refractivity contribution in [2.75, 3.05) is 20.2 Å². The van der Waals surface area contributed by atoms with Gasteiger partial charge in [0.15, 0.2) is 11.3 Å². The van der Waals surface area contributed by atoms with Gasteiger partial charge in [-0.15, -0.1) is 0 Å². The third-order valence-electron chi connectivity index (χ3n) is 6.77. The summed E-state index contributed by atoms with van der Waals surface area (Å²) in [6, 6.07) is 13.5. The molecule has 1 atom stereocenters. The standard InChI is InChI=1S/C27H31N5O3/c1-17(2)31-14-6-7-19(15-31)16-32-18(3)28-21-11-13-24(30-26(21)27(32)33)35-22-9-5-8-20-10-12-23(34-4)29-25(20)22/h5,8-13,17,19H,6-7,14-16H2,1-4H3/t19-/m0/s1. The fourth-order valence-electron chi connectivity index (χ4n) is 4.85. The lowest BCUT2D eigenvalue weighted by atomic mass is 9.97. The van der Waals surface area contributed by atoms with Gasteiger partial charge < -0.3 is 14.4 Å². The van der Waals surface area contributed by atoms with Crippen molar-refractivity contribution in [1.82, 2.24) is 24.4 Å². The summed E-state index contributed by atoms with van der Waals surface area (Å²) in [6.45, 7) is 9.11. The Hall–Kier alpha value is -3.52. The second-order valence-electron chi connectivity index (χ2n) is 9.47. The summed E-state index contributed by atoms with van der Waals surface area (Å²) in [5.41, 5.74) is 1.43. The van der Waals surface area contributed by atoms with Crippen LogP contribution >= 0.6 is 0 Å². The third-order valence-corrected chi connectivity index (χ3v) is 6.77. The molecule has 0 amide bonds. The first-order valence-corrected chi connectivity index (χ1v) is 12.2. The summed E-state index contributed by atoms with van der Waals surface area (Å²) in [6.07, 6.45) is 2.26. The van der Waals surface area contributed by atoms with Gasteiger partial charge in [0, 0.05) is 36.7 Å². The highest BCUT2D eigenvalue weighted by molar-refractivity contribution is 5.85. The molecule has 0 aliphatic carbocycles. The molecule has 3 aromatic heterocycles. The van der Waals surface area contributed by atoms with Crippen LogP contribution in [-0.4, -0.2) is 50.7 Å². The first-order valence-electron chi connectivity index (χ1n) is 12.2. The van der Waals surface area contributed by atoms with Gasteiger partial charge in [-0.1, -0.05) is 12.1 Å². The van der Waals surface area contributed by atoms with E-state index < -0.39 is 0 Å². The van der Waals surface area contributed by atoms with Crippen LogP contribution in [0.1, 0.15) is 32.5 Å². The van der Waals surface area contributed by atoms with E-state index in [9.17, 15) is 4.79 Å². The van der Waals surface area contributed by atoms with E-state index in [4.69, 9.17) is 9.47 Å². The number of para-hydroxylation sites is 1. The van der Waals surface area contributed by atoms with E-state index in [1.807, 2.05) is 37.3 Å². The van der Waals surface area contributed by atoms with Gasteiger partial charge in [0.2, 0.25) is 11.8 Å². The number of hydrogen-bond donors (Lipinski definition) is 0. The number of benzene rings is 1. The maximum absolute atomic E-state index is 13.5. The number of piperidine rings is 1. The molecule has 0 unspecified atom stereocenters. The molecule has 182 valence electrons. The van der Waals surface area contributed by atoms with E-state index in [0.29, 0.717) is 58.4 Å². The Morgan fingerprint density at radius 1 is 1.03 bits per heavy atom. The second-order valence-corrected chi connectivity index (χ2v) is 9.47. The smallest absolute Gasteiger partial charge is 0.280 e. The van der Waals surface area contributed by atoms with E-state index in [-0.39, 0.29) is 5.56 Å². The molecule has 8 nitrogen and oxygen atoms in total. The molecule has 0 saturated carbocycles. The molecule has 4 aromatic rings. The van der Waals surface area contributed by atoms with Crippen LogP contribution in [0.2, 0.25) is 0 Å². The first kappa shape index (κ1) is 23.2. The Balaban J connectivity index is 1.47. The predicted octanol–water partition coefficient (Wildman–Crippen LogP) is 4.57. The summed E-state index contributed by atoms with van der Waals surface area (Å²) in [5, 5.41) is 0.923. The molecule has 0 spiro atoms. The van der Waals surface area contributed by atoms with E-state index in [2.05, 4.69) is 33.7 Å². The van der Waals surface area contributed by atoms with Gasteiger partial charge in [-0.2, -0.15) is 0 Å². The van der Waals surface area contributed by atoms with Crippen LogP contribution in [0.5, 0.6) is 17.5 Å². The Kier molecular flexibility index (Phi) is 6.38. The van der Waals surface area contributed by atoms with Gasteiger partial charge in [-0.25, -0.2) is 15.0 Å². The number of hydrogen-bond acceptors (Lipinski definition) is 7. The van der Waals surface area contributed by atoms with E-state index >= 15 is 0 Å². The van der Waals surface area contributed by atoms with E-state index in [1.54, 1.807) is 23.8 Å². The minimum absolute atomic E-state index is 0.127. The minimum atomic E-state index is -0.127. The fraction of sp³-hybridized carbons (Fsp3) is 0.407. The van der Waals surface area contributed by atoms with Crippen molar-refractivity contribution in [3.05, 3.63) is 58.6 Å². The molecular formula is C27H31N5O3. The van der Waals surface area contributed by atoms with Crippen molar-refractivity contribution < 1.29 is 9.47 Å². The molecule has 5 rings (SSSR count). The lowest BCUT2D eigenvalue weighted by Crippen LogP contribution is -2.42. The molecule has 35 heavy (non-hydrogen) atoms. The summed E-state index contributed by atoms with van der Waals surface area (Å²) in [4.78, 5) is 29.8. The van der Waals surface area contributed by atoms with Crippen LogP contribution in [0.15, 0.2) is 47.3 Å². The molecule has 0 radical (unpaired) electrons. The SMILES string of the molecule is COc1ccc2cccc(Oc3ccc4nc(C)n(C[C@H]5CCCN(C(C)C)C5)c(=O)c4n3)c2n1. The van der Waals surface area contributed by atoms with Gasteiger partial charge in [-0.05, 0) is 64.3 Å². The van der Waals surface area contributed by atoms with Gasteiger partial charge >= 0.3 is 0 Å². The number of methoxy groups -OCH3 is 1. The monoisotopic (exact) mass is 473 g/mol. The molecule has 4 heterocycles. The van der Waals surface area contributed by atoms with Crippen molar-refractivity contribution in [3.63, 3.8) is 0 Å². The number of ether oxygens (including phenoxy) is 2. The number of aryl methyl sites for hydroxylation is 1. The molecule has 8 heteroatoms. The predicted molar refractivity (Wildman–Crippen MR) is 136 cm³/mol. The summed E-state index contributed by atoms with van der Waals surface area (Å²) in [7, 11) is 1.58. The van der Waals surface area contributed by atoms with Crippen molar-refractivity contribution in [2.45, 2.75) is 46.2 Å². The quantitative estimate of drug-likeness (QED) is 0.406. The van der Waals surface area contributed by atoms with Gasteiger partial charge in [0.1, 0.15) is 11.3 Å². The summed E-state index contributed by atoms with van der Waals surface area (Å²) >= 11 is 0. The van der Waals surface area contributed by atoms with Crippen molar-refractivity contribution >= 4 is 21.9 Å². The number of pyridine rings is 2. The van der Waals surface area contributed by atoms with Crippen molar-refractivity contribution in [2.24, 2.45) is 5.92 Å². The average Bonchev–Trinajstić information content (AvgIpc) is 2.87. The normalized spacial score (nSPS) is 16.8. The number of nitrogens with zero attached hydrogens (tertiary/aromatic N) is 5. The molecule has 1 aromatic carbocycles. The highest BCUT2D eigenvalue weighted by atomic mass is 16.5. The number of rotatable bonds is 6. The minimum Gasteiger partial charge on any atom is -0.481 e. The Morgan fingerprint density at radius 2 is 1.83 bits per heavy atom. The van der Waals surface area contributed by atoms with E-state index in [1.165, 1.54) is 0 Å². The maximum Gasteiger partial charge on any atom is 0.280 e. The topological polar surface area (TPSA) is 82.4 Å². The molecular weight excluding hydrogens is 442 g/mol. The van der Waals surface area contributed by atoms with Crippen LogP contribution in [-0.2, 0) is 6.54 Å². The molecule has 0 N–H and O–H groups in total. The zero-order valence-electron chi connectivity index (χ0n) is 20.7. The second kappa shape index (κ2) is 9.62.